The van der Waals surface area contributed by atoms with Gasteiger partial charge in [0.1, 0.15) is 5.82 Å². The summed E-state index contributed by atoms with van der Waals surface area (Å²) >= 11 is 4.75. The van der Waals surface area contributed by atoms with Crippen LogP contribution in [0.15, 0.2) is 33.9 Å². The van der Waals surface area contributed by atoms with Crippen molar-refractivity contribution in [3.63, 3.8) is 0 Å². The zero-order valence-corrected chi connectivity index (χ0v) is 13.7. The second-order valence-corrected chi connectivity index (χ2v) is 6.02. The molecule has 0 saturated carbocycles. The number of carbonyl (C=O) groups excluding carboxylic acids is 1. The second-order valence-electron chi connectivity index (χ2n) is 4.16. The highest BCUT2D eigenvalue weighted by Crippen LogP contribution is 2.18. The highest BCUT2D eigenvalue weighted by molar-refractivity contribution is 9.10. The molecule has 0 radical (unpaired) electrons. The van der Waals surface area contributed by atoms with Crippen molar-refractivity contribution < 1.29 is 4.79 Å². The predicted molar refractivity (Wildman–Crippen MR) is 83.9 cm³/mol. The van der Waals surface area contributed by atoms with Gasteiger partial charge in [0.05, 0.1) is 5.75 Å². The van der Waals surface area contributed by atoms with E-state index in [0.29, 0.717) is 5.75 Å². The van der Waals surface area contributed by atoms with E-state index in [9.17, 15) is 4.79 Å². The van der Waals surface area contributed by atoms with Crippen LogP contribution in [0.5, 0.6) is 0 Å². The van der Waals surface area contributed by atoms with Gasteiger partial charge in [0.15, 0.2) is 5.16 Å². The number of anilines is 1. The minimum absolute atomic E-state index is 0.0610. The number of thioether (sulfide) groups is 1. The molecule has 1 aromatic heterocycles. The number of carbonyl (C=O) groups is 1. The smallest absolute Gasteiger partial charge is 0.234 e. The maximum absolute atomic E-state index is 11.9. The highest BCUT2D eigenvalue weighted by atomic mass is 79.9. The summed E-state index contributed by atoms with van der Waals surface area (Å²) in [5.41, 5.74) is 0.775. The number of halogens is 1. The van der Waals surface area contributed by atoms with Crippen molar-refractivity contribution in [2.45, 2.75) is 18.5 Å². The Morgan fingerprint density at radius 3 is 2.90 bits per heavy atom. The normalized spacial score (nSPS) is 10.6. The number of aromatic nitrogens is 3. The number of aryl methyl sites for hydroxylation is 1. The van der Waals surface area contributed by atoms with Crippen LogP contribution in [-0.2, 0) is 18.3 Å². The lowest BCUT2D eigenvalue weighted by Crippen LogP contribution is -2.14. The van der Waals surface area contributed by atoms with Gasteiger partial charge in [-0.1, -0.05) is 40.7 Å². The number of nitrogens with one attached hydrogen (secondary N) is 1. The maximum Gasteiger partial charge on any atom is 0.234 e. The zero-order chi connectivity index (χ0) is 14.5. The molecule has 0 fully saturated rings. The van der Waals surface area contributed by atoms with Gasteiger partial charge in [-0.25, -0.2) is 0 Å². The molecule has 0 bridgehead atoms. The van der Waals surface area contributed by atoms with Crippen LogP contribution in [-0.4, -0.2) is 26.4 Å². The Morgan fingerprint density at radius 2 is 2.25 bits per heavy atom. The lowest BCUT2D eigenvalue weighted by molar-refractivity contribution is -0.113. The lowest BCUT2D eigenvalue weighted by Gasteiger charge is -2.05. The van der Waals surface area contributed by atoms with E-state index in [1.807, 2.05) is 42.8 Å². The molecular weight excluding hydrogens is 340 g/mol. The number of hydrogen-bond acceptors (Lipinski definition) is 4. The van der Waals surface area contributed by atoms with Gasteiger partial charge >= 0.3 is 0 Å². The number of amides is 1. The summed E-state index contributed by atoms with van der Waals surface area (Å²) in [6.45, 7) is 2.03. The molecule has 0 saturated heterocycles. The van der Waals surface area contributed by atoms with E-state index in [-0.39, 0.29) is 5.91 Å². The van der Waals surface area contributed by atoms with Gasteiger partial charge in [0, 0.05) is 23.6 Å². The fourth-order valence-electron chi connectivity index (χ4n) is 1.67. The van der Waals surface area contributed by atoms with Crippen LogP contribution in [0.1, 0.15) is 12.7 Å². The van der Waals surface area contributed by atoms with E-state index in [1.165, 1.54) is 11.8 Å². The van der Waals surface area contributed by atoms with Gasteiger partial charge < -0.3 is 9.88 Å². The van der Waals surface area contributed by atoms with Crippen molar-refractivity contribution in [2.75, 3.05) is 11.1 Å². The Hall–Kier alpha value is -1.34. The topological polar surface area (TPSA) is 59.8 Å². The molecular formula is C13H15BrN4OS. The first-order valence-corrected chi connectivity index (χ1v) is 7.94. The van der Waals surface area contributed by atoms with Crippen molar-refractivity contribution in [3.05, 3.63) is 34.6 Å². The Balaban J connectivity index is 1.90. The highest BCUT2D eigenvalue weighted by Gasteiger charge is 2.10. The first-order chi connectivity index (χ1) is 9.60. The molecule has 5 nitrogen and oxygen atoms in total. The summed E-state index contributed by atoms with van der Waals surface area (Å²) in [6.07, 6.45) is 0.828. The van der Waals surface area contributed by atoms with E-state index >= 15 is 0 Å². The van der Waals surface area contributed by atoms with E-state index in [4.69, 9.17) is 0 Å². The quantitative estimate of drug-likeness (QED) is 0.838. The fraction of sp³-hybridized carbons (Fsp3) is 0.308. The minimum Gasteiger partial charge on any atom is -0.325 e. The van der Waals surface area contributed by atoms with Gasteiger partial charge in [0.25, 0.3) is 0 Å². The summed E-state index contributed by atoms with van der Waals surface area (Å²) in [6, 6.07) is 7.50. The first-order valence-electron chi connectivity index (χ1n) is 6.16. The summed E-state index contributed by atoms with van der Waals surface area (Å²) in [5.74, 6) is 1.16. The fourth-order valence-corrected chi connectivity index (χ4v) is 2.80. The number of rotatable bonds is 5. The zero-order valence-electron chi connectivity index (χ0n) is 11.3. The third kappa shape index (κ3) is 3.83. The molecule has 106 valence electrons. The van der Waals surface area contributed by atoms with Gasteiger partial charge in [0.2, 0.25) is 5.91 Å². The average molecular weight is 355 g/mol. The van der Waals surface area contributed by atoms with E-state index in [0.717, 1.165) is 27.6 Å². The number of nitrogens with zero attached hydrogens (tertiary/aromatic N) is 3. The van der Waals surface area contributed by atoms with E-state index in [2.05, 4.69) is 31.4 Å². The Labute approximate surface area is 130 Å². The molecule has 2 aromatic rings. The third-order valence-corrected chi connectivity index (χ3v) is 4.20. The second kappa shape index (κ2) is 6.90. The molecule has 0 aliphatic heterocycles. The molecule has 1 heterocycles. The first kappa shape index (κ1) is 15.1. The standard InChI is InChI=1S/C13H15BrN4OS/c1-3-11-16-17-13(18(11)2)20-8-12(19)15-10-6-4-5-9(14)7-10/h4-7H,3,8H2,1-2H3,(H,15,19). The molecule has 0 atom stereocenters. The molecule has 0 spiro atoms. The van der Waals surface area contributed by atoms with Crippen LogP contribution < -0.4 is 5.32 Å². The molecule has 2 rings (SSSR count). The summed E-state index contributed by atoms with van der Waals surface area (Å²) < 4.78 is 2.85. The predicted octanol–water partition coefficient (Wildman–Crippen LogP) is 2.87. The molecule has 0 unspecified atom stereocenters. The average Bonchev–Trinajstić information content (AvgIpc) is 2.77. The van der Waals surface area contributed by atoms with Crippen LogP contribution in [0.4, 0.5) is 5.69 Å². The van der Waals surface area contributed by atoms with Crippen LogP contribution in [0.3, 0.4) is 0 Å². The molecule has 1 N–H and O–H groups in total. The van der Waals surface area contributed by atoms with Crippen molar-refractivity contribution in [3.8, 4) is 0 Å². The molecule has 0 aliphatic carbocycles. The van der Waals surface area contributed by atoms with Crippen LogP contribution in [0, 0.1) is 0 Å². The molecule has 0 aliphatic rings. The van der Waals surface area contributed by atoms with Gasteiger partial charge in [-0.3, -0.25) is 4.79 Å². The van der Waals surface area contributed by atoms with Crippen LogP contribution in [0.2, 0.25) is 0 Å². The molecule has 1 amide bonds. The van der Waals surface area contributed by atoms with Crippen molar-refractivity contribution in [1.29, 1.82) is 0 Å². The largest absolute Gasteiger partial charge is 0.325 e. The molecule has 7 heteroatoms. The van der Waals surface area contributed by atoms with Crippen LogP contribution in [0.25, 0.3) is 0 Å². The lowest BCUT2D eigenvalue weighted by atomic mass is 10.3. The van der Waals surface area contributed by atoms with Gasteiger partial charge in [-0.05, 0) is 18.2 Å². The number of hydrogen-bond donors (Lipinski definition) is 1. The van der Waals surface area contributed by atoms with Crippen LogP contribution >= 0.6 is 27.7 Å². The van der Waals surface area contributed by atoms with Crippen molar-refractivity contribution in [2.24, 2.45) is 7.05 Å². The van der Waals surface area contributed by atoms with Crippen molar-refractivity contribution in [1.82, 2.24) is 14.8 Å². The SMILES string of the molecule is CCc1nnc(SCC(=O)Nc2cccc(Br)c2)n1C. The Kier molecular flexibility index (Phi) is 5.19. The Morgan fingerprint density at radius 1 is 1.45 bits per heavy atom. The summed E-state index contributed by atoms with van der Waals surface area (Å²) in [7, 11) is 1.91. The van der Waals surface area contributed by atoms with E-state index < -0.39 is 0 Å². The minimum atomic E-state index is -0.0610. The third-order valence-electron chi connectivity index (χ3n) is 2.68. The summed E-state index contributed by atoms with van der Waals surface area (Å²) in [5, 5.41) is 11.7. The maximum atomic E-state index is 11.9. The van der Waals surface area contributed by atoms with Gasteiger partial charge in [-0.2, -0.15) is 0 Å². The van der Waals surface area contributed by atoms with Crippen molar-refractivity contribution >= 4 is 39.3 Å². The summed E-state index contributed by atoms with van der Waals surface area (Å²) in [4.78, 5) is 11.9. The molecule has 1 aromatic carbocycles. The Bertz CT molecular complexity index is 614. The number of benzene rings is 1. The van der Waals surface area contributed by atoms with E-state index in [1.54, 1.807) is 0 Å². The molecule has 20 heavy (non-hydrogen) atoms. The monoisotopic (exact) mass is 354 g/mol. The van der Waals surface area contributed by atoms with Gasteiger partial charge in [-0.15, -0.1) is 10.2 Å².